The van der Waals surface area contributed by atoms with Crippen LogP contribution in [0.5, 0.6) is 0 Å². The molecule has 0 heterocycles. The largest absolute Gasteiger partial charge is 0.385 e. The molecule has 0 N–H and O–H groups in total. The standard InChI is InChI=1S/C18H39O4P/c1-20-13-7-4-10-16-23(19,17-11-5-8-14-21-2)18-12-6-9-15-22-3/h4-18H2,1-3H3. The van der Waals surface area contributed by atoms with Crippen LogP contribution in [0.2, 0.25) is 0 Å². The molecule has 0 unspecified atom stereocenters. The second-order valence-electron chi connectivity index (χ2n) is 6.39. The Hall–Kier alpha value is 0.110. The van der Waals surface area contributed by atoms with Crippen LogP contribution >= 0.6 is 7.14 Å². The molecule has 0 atom stereocenters. The van der Waals surface area contributed by atoms with Gasteiger partial charge in [-0.1, -0.05) is 19.3 Å². The van der Waals surface area contributed by atoms with E-state index in [1.165, 1.54) is 0 Å². The van der Waals surface area contributed by atoms with Crippen molar-refractivity contribution in [3.8, 4) is 0 Å². The normalized spacial score (nSPS) is 12.0. The van der Waals surface area contributed by atoms with Crippen LogP contribution in [-0.4, -0.2) is 59.6 Å². The minimum atomic E-state index is -1.99. The molecule has 0 aromatic rings. The average molecular weight is 350 g/mol. The van der Waals surface area contributed by atoms with Crippen molar-refractivity contribution in [2.24, 2.45) is 0 Å². The lowest BCUT2D eigenvalue weighted by atomic mass is 10.2. The van der Waals surface area contributed by atoms with Gasteiger partial charge in [0.15, 0.2) is 0 Å². The van der Waals surface area contributed by atoms with Crippen molar-refractivity contribution in [1.82, 2.24) is 0 Å². The minimum absolute atomic E-state index is 0.818. The van der Waals surface area contributed by atoms with Crippen LogP contribution in [0.4, 0.5) is 0 Å². The number of hydrogen-bond donors (Lipinski definition) is 0. The molecule has 0 aromatic carbocycles. The summed E-state index contributed by atoms with van der Waals surface area (Å²) < 4.78 is 28.5. The number of rotatable bonds is 18. The molecule has 4 nitrogen and oxygen atoms in total. The summed E-state index contributed by atoms with van der Waals surface area (Å²) in [7, 11) is 3.24. The maximum absolute atomic E-state index is 13.2. The molecule has 0 fully saturated rings. The average Bonchev–Trinajstić information content (AvgIpc) is 2.54. The van der Waals surface area contributed by atoms with E-state index in [0.29, 0.717) is 0 Å². The smallest absolute Gasteiger partial charge is 0.0877 e. The van der Waals surface area contributed by atoms with Gasteiger partial charge in [0.2, 0.25) is 0 Å². The van der Waals surface area contributed by atoms with Crippen molar-refractivity contribution in [3.63, 3.8) is 0 Å². The van der Waals surface area contributed by atoms with Crippen LogP contribution in [0.15, 0.2) is 0 Å². The van der Waals surface area contributed by atoms with Crippen molar-refractivity contribution in [3.05, 3.63) is 0 Å². The molecule has 0 spiro atoms. The summed E-state index contributed by atoms with van der Waals surface area (Å²) in [6.07, 6.45) is 12.6. The Morgan fingerprint density at radius 3 is 1.09 bits per heavy atom. The molecule has 0 saturated heterocycles. The SMILES string of the molecule is COCCCCCP(=O)(CCCCCOC)CCCCCOC. The highest BCUT2D eigenvalue weighted by atomic mass is 31.2. The van der Waals surface area contributed by atoms with E-state index in [1.807, 2.05) is 0 Å². The van der Waals surface area contributed by atoms with Gasteiger partial charge in [0.05, 0.1) is 7.14 Å². The topological polar surface area (TPSA) is 44.8 Å². The highest BCUT2D eigenvalue weighted by Gasteiger charge is 2.20. The molecule has 0 bridgehead atoms. The minimum Gasteiger partial charge on any atom is -0.385 e. The van der Waals surface area contributed by atoms with Crippen LogP contribution in [-0.2, 0) is 18.8 Å². The third-order valence-corrected chi connectivity index (χ3v) is 7.64. The Labute approximate surface area is 144 Å². The number of ether oxygens (including phenoxy) is 3. The second-order valence-corrected chi connectivity index (χ2v) is 9.85. The third kappa shape index (κ3) is 15.4. The molecule has 140 valence electrons. The van der Waals surface area contributed by atoms with Crippen LogP contribution < -0.4 is 0 Å². The summed E-state index contributed by atoms with van der Waals surface area (Å²) >= 11 is 0. The first kappa shape index (κ1) is 23.1. The van der Waals surface area contributed by atoms with Gasteiger partial charge in [-0.2, -0.15) is 0 Å². The Morgan fingerprint density at radius 2 is 0.826 bits per heavy atom. The molecule has 0 saturated carbocycles. The maximum atomic E-state index is 13.2. The van der Waals surface area contributed by atoms with E-state index < -0.39 is 7.14 Å². The van der Waals surface area contributed by atoms with Crippen molar-refractivity contribution in [2.45, 2.75) is 57.8 Å². The monoisotopic (exact) mass is 350 g/mol. The molecule has 0 radical (unpaired) electrons. The zero-order valence-electron chi connectivity index (χ0n) is 15.7. The van der Waals surface area contributed by atoms with Gasteiger partial charge in [0, 0.05) is 59.6 Å². The van der Waals surface area contributed by atoms with E-state index >= 15 is 0 Å². The fraction of sp³-hybridized carbons (Fsp3) is 1.00. The Bertz CT molecular complexity index is 241. The van der Waals surface area contributed by atoms with Crippen LogP contribution in [0, 0.1) is 0 Å². The van der Waals surface area contributed by atoms with Crippen LogP contribution in [0.3, 0.4) is 0 Å². The van der Waals surface area contributed by atoms with E-state index in [9.17, 15) is 4.57 Å². The quantitative estimate of drug-likeness (QED) is 0.263. The van der Waals surface area contributed by atoms with E-state index in [4.69, 9.17) is 14.2 Å². The first-order valence-corrected chi connectivity index (χ1v) is 11.5. The van der Waals surface area contributed by atoms with Gasteiger partial charge < -0.3 is 18.8 Å². The molecule has 23 heavy (non-hydrogen) atoms. The van der Waals surface area contributed by atoms with Gasteiger partial charge in [0.1, 0.15) is 0 Å². The fourth-order valence-corrected chi connectivity index (χ4v) is 5.88. The zero-order chi connectivity index (χ0) is 17.2. The molecule has 5 heteroatoms. The van der Waals surface area contributed by atoms with Crippen molar-refractivity contribution in [1.29, 1.82) is 0 Å². The third-order valence-electron chi connectivity index (χ3n) is 4.24. The molecule has 0 amide bonds. The first-order chi connectivity index (χ1) is 11.2. The lowest BCUT2D eigenvalue weighted by molar-refractivity contribution is 0.192. The molecule has 0 aliphatic carbocycles. The first-order valence-electron chi connectivity index (χ1n) is 9.22. The Morgan fingerprint density at radius 1 is 0.522 bits per heavy atom. The summed E-state index contributed by atoms with van der Waals surface area (Å²) in [6, 6.07) is 0. The van der Waals surface area contributed by atoms with Crippen molar-refractivity contribution in [2.75, 3.05) is 59.6 Å². The predicted molar refractivity (Wildman–Crippen MR) is 99.4 cm³/mol. The van der Waals surface area contributed by atoms with Crippen LogP contribution in [0.1, 0.15) is 57.8 Å². The van der Waals surface area contributed by atoms with Gasteiger partial charge in [-0.15, -0.1) is 0 Å². The summed E-state index contributed by atoms with van der Waals surface area (Å²) in [5, 5.41) is 0. The van der Waals surface area contributed by atoms with E-state index in [0.717, 1.165) is 96.1 Å². The number of unbranched alkanes of at least 4 members (excludes halogenated alkanes) is 6. The fourth-order valence-electron chi connectivity index (χ4n) is 2.80. The highest BCUT2D eigenvalue weighted by Crippen LogP contribution is 2.48. The molecular weight excluding hydrogens is 311 g/mol. The summed E-state index contributed by atoms with van der Waals surface area (Å²) in [6.45, 7) is 2.45. The molecule has 0 aliphatic rings. The van der Waals surface area contributed by atoms with Crippen LogP contribution in [0.25, 0.3) is 0 Å². The molecule has 0 aliphatic heterocycles. The molecule has 0 aromatic heterocycles. The van der Waals surface area contributed by atoms with E-state index in [-0.39, 0.29) is 0 Å². The maximum Gasteiger partial charge on any atom is 0.0877 e. The lowest BCUT2D eigenvalue weighted by Crippen LogP contribution is -2.03. The van der Waals surface area contributed by atoms with E-state index in [2.05, 4.69) is 0 Å². The molecule has 0 rings (SSSR count). The van der Waals surface area contributed by atoms with Gasteiger partial charge >= 0.3 is 0 Å². The Balaban J connectivity index is 4.03. The van der Waals surface area contributed by atoms with Gasteiger partial charge in [-0.25, -0.2) is 0 Å². The number of hydrogen-bond acceptors (Lipinski definition) is 4. The Kier molecular flexibility index (Phi) is 17.0. The predicted octanol–water partition coefficient (Wildman–Crippen LogP) is 4.80. The van der Waals surface area contributed by atoms with Gasteiger partial charge in [-0.05, 0) is 38.5 Å². The lowest BCUT2D eigenvalue weighted by Gasteiger charge is -2.18. The highest BCUT2D eigenvalue weighted by molar-refractivity contribution is 7.63. The van der Waals surface area contributed by atoms with Gasteiger partial charge in [0.25, 0.3) is 0 Å². The summed E-state index contributed by atoms with van der Waals surface area (Å²) in [5.41, 5.74) is 0. The van der Waals surface area contributed by atoms with Crippen molar-refractivity contribution >= 4 is 7.14 Å². The molecular formula is C18H39O4P. The zero-order valence-corrected chi connectivity index (χ0v) is 16.6. The van der Waals surface area contributed by atoms with Gasteiger partial charge in [-0.3, -0.25) is 0 Å². The van der Waals surface area contributed by atoms with Crippen molar-refractivity contribution < 1.29 is 18.8 Å². The number of methoxy groups -OCH3 is 3. The second kappa shape index (κ2) is 17.0. The summed E-state index contributed by atoms with van der Waals surface area (Å²) in [5.74, 6) is 0. The van der Waals surface area contributed by atoms with E-state index in [1.54, 1.807) is 21.3 Å². The summed E-state index contributed by atoms with van der Waals surface area (Å²) in [4.78, 5) is 0.